The third-order valence-electron chi connectivity index (χ3n) is 1.88. The molecule has 3 nitrogen and oxygen atoms in total. The third-order valence-corrected chi connectivity index (χ3v) is 2.52. The van der Waals surface area contributed by atoms with Crippen LogP contribution in [0, 0.1) is 6.92 Å². The number of hydrogen-bond acceptors (Lipinski definition) is 3. The minimum absolute atomic E-state index is 0.219. The van der Waals surface area contributed by atoms with Crippen molar-refractivity contribution in [3.63, 3.8) is 0 Å². The molecule has 72 valence electrons. The summed E-state index contributed by atoms with van der Waals surface area (Å²) in [4.78, 5) is 0. The summed E-state index contributed by atoms with van der Waals surface area (Å²) in [6.07, 6.45) is -0.0525. The van der Waals surface area contributed by atoms with Crippen LogP contribution in [-0.4, -0.2) is 15.3 Å². The number of aliphatic hydroxyl groups is 1. The normalized spacial score (nSPS) is 13.0. The lowest BCUT2D eigenvalue weighted by Gasteiger charge is -2.12. The molecule has 0 amide bonds. The number of nitrogens with zero attached hydrogens (tertiary/aromatic N) is 2. The Bertz CT molecular complexity index is 317. The molecule has 0 aliphatic rings. The molecule has 1 unspecified atom stereocenters. The molecule has 0 aliphatic carbocycles. The second-order valence-corrected chi connectivity index (χ2v) is 3.46. The molecule has 1 rings (SSSR count). The highest BCUT2D eigenvalue weighted by Gasteiger charge is 2.16. The topological polar surface area (TPSA) is 46.0 Å². The average Bonchev–Trinajstić information content (AvgIpc) is 2.12. The largest absolute Gasteiger partial charge is 0.388 e. The van der Waals surface area contributed by atoms with Crippen molar-refractivity contribution in [3.8, 4) is 0 Å². The molecule has 1 N–H and O–H groups in total. The molecule has 0 saturated heterocycles. The fourth-order valence-corrected chi connectivity index (χ4v) is 1.52. The van der Waals surface area contributed by atoms with Gasteiger partial charge in [0.1, 0.15) is 0 Å². The van der Waals surface area contributed by atoms with E-state index in [-0.39, 0.29) is 10.3 Å². The molecule has 0 aliphatic heterocycles. The van der Waals surface area contributed by atoms with Crippen LogP contribution in [0.25, 0.3) is 0 Å². The van der Waals surface area contributed by atoms with E-state index in [9.17, 15) is 5.11 Å². The van der Waals surface area contributed by atoms with Crippen LogP contribution in [0.2, 0.25) is 10.3 Å². The van der Waals surface area contributed by atoms with E-state index in [1.807, 2.05) is 6.92 Å². The van der Waals surface area contributed by atoms with E-state index >= 15 is 0 Å². The molecule has 1 atom stereocenters. The fourth-order valence-electron chi connectivity index (χ4n) is 1.07. The fraction of sp³-hybridized carbons (Fsp3) is 0.500. The molecule has 0 saturated carbocycles. The van der Waals surface area contributed by atoms with E-state index in [1.54, 1.807) is 6.92 Å². The van der Waals surface area contributed by atoms with Crippen molar-refractivity contribution in [2.75, 3.05) is 0 Å². The lowest BCUT2D eigenvalue weighted by Crippen LogP contribution is -2.03. The van der Waals surface area contributed by atoms with E-state index in [0.29, 0.717) is 17.5 Å². The molecule has 1 aromatic heterocycles. The molecule has 0 radical (unpaired) electrons. The Balaban J connectivity index is 3.25. The summed E-state index contributed by atoms with van der Waals surface area (Å²) >= 11 is 11.5. The van der Waals surface area contributed by atoms with Gasteiger partial charge in [-0.3, -0.25) is 0 Å². The molecule has 1 heterocycles. The summed E-state index contributed by atoms with van der Waals surface area (Å²) in [5.74, 6) is 0. The first-order chi connectivity index (χ1) is 6.07. The maximum Gasteiger partial charge on any atom is 0.157 e. The first-order valence-electron chi connectivity index (χ1n) is 3.94. The molecule has 5 heteroatoms. The summed E-state index contributed by atoms with van der Waals surface area (Å²) in [5, 5.41) is 17.4. The van der Waals surface area contributed by atoms with E-state index in [1.165, 1.54) is 0 Å². The molecule has 0 spiro atoms. The lowest BCUT2D eigenvalue weighted by atomic mass is 10.1. The zero-order valence-electron chi connectivity index (χ0n) is 7.38. The molecule has 0 bridgehead atoms. The summed E-state index contributed by atoms with van der Waals surface area (Å²) in [5.41, 5.74) is 1.26. The van der Waals surface area contributed by atoms with Gasteiger partial charge in [-0.05, 0) is 18.9 Å². The summed E-state index contributed by atoms with van der Waals surface area (Å²) in [7, 11) is 0. The molecular weight excluding hydrogens is 211 g/mol. The zero-order chi connectivity index (χ0) is 10.0. The van der Waals surface area contributed by atoms with Gasteiger partial charge in [0.2, 0.25) is 0 Å². The lowest BCUT2D eigenvalue weighted by molar-refractivity contribution is 0.172. The predicted molar refractivity (Wildman–Crippen MR) is 52.0 cm³/mol. The molecular formula is C8H10Cl2N2O. The Hall–Kier alpha value is -0.380. The van der Waals surface area contributed by atoms with Gasteiger partial charge >= 0.3 is 0 Å². The average molecular weight is 221 g/mol. The van der Waals surface area contributed by atoms with Crippen molar-refractivity contribution in [1.29, 1.82) is 0 Å². The summed E-state index contributed by atoms with van der Waals surface area (Å²) in [6.45, 7) is 3.62. The minimum atomic E-state index is -0.625. The molecule has 0 aromatic carbocycles. The van der Waals surface area contributed by atoms with Gasteiger partial charge in [0.15, 0.2) is 10.3 Å². The summed E-state index contributed by atoms with van der Waals surface area (Å²) < 4.78 is 0. The van der Waals surface area contributed by atoms with Crippen LogP contribution < -0.4 is 0 Å². The SMILES string of the molecule is CCC(O)c1c(Cl)nnc(Cl)c1C. The highest BCUT2D eigenvalue weighted by molar-refractivity contribution is 6.32. The quantitative estimate of drug-likeness (QED) is 0.834. The van der Waals surface area contributed by atoms with E-state index in [4.69, 9.17) is 23.2 Å². The van der Waals surface area contributed by atoms with Crippen molar-refractivity contribution < 1.29 is 5.11 Å². The Morgan fingerprint density at radius 3 is 2.38 bits per heavy atom. The number of rotatable bonds is 2. The second kappa shape index (κ2) is 4.22. The first kappa shape index (κ1) is 10.7. The van der Waals surface area contributed by atoms with E-state index in [0.717, 1.165) is 0 Å². The van der Waals surface area contributed by atoms with Gasteiger partial charge in [0.25, 0.3) is 0 Å². The Labute approximate surface area is 86.7 Å². The van der Waals surface area contributed by atoms with Gasteiger partial charge in [-0.25, -0.2) is 0 Å². The highest BCUT2D eigenvalue weighted by atomic mass is 35.5. The van der Waals surface area contributed by atoms with Gasteiger partial charge < -0.3 is 5.11 Å². The maximum absolute atomic E-state index is 9.60. The van der Waals surface area contributed by atoms with Crippen molar-refractivity contribution in [2.45, 2.75) is 26.4 Å². The maximum atomic E-state index is 9.60. The van der Waals surface area contributed by atoms with Gasteiger partial charge in [-0.15, -0.1) is 10.2 Å². The monoisotopic (exact) mass is 220 g/mol. The standard InChI is InChI=1S/C8H10Cl2N2O/c1-3-5(13)6-4(2)7(9)11-12-8(6)10/h5,13H,3H2,1-2H3. The van der Waals surface area contributed by atoms with Gasteiger partial charge in [-0.2, -0.15) is 0 Å². The van der Waals surface area contributed by atoms with Gasteiger partial charge in [0.05, 0.1) is 6.10 Å². The number of halogens is 2. The Kier molecular flexibility index (Phi) is 3.47. The second-order valence-electron chi connectivity index (χ2n) is 2.74. The number of aliphatic hydroxyl groups excluding tert-OH is 1. The Morgan fingerprint density at radius 1 is 1.31 bits per heavy atom. The predicted octanol–water partition coefficient (Wildman–Crippen LogP) is 2.54. The first-order valence-corrected chi connectivity index (χ1v) is 4.69. The smallest absolute Gasteiger partial charge is 0.157 e. The van der Waals surface area contributed by atoms with Gasteiger partial charge in [-0.1, -0.05) is 30.1 Å². The van der Waals surface area contributed by atoms with Gasteiger partial charge in [0, 0.05) is 5.56 Å². The number of hydrogen-bond donors (Lipinski definition) is 1. The third kappa shape index (κ3) is 2.10. The molecule has 13 heavy (non-hydrogen) atoms. The van der Waals surface area contributed by atoms with E-state index in [2.05, 4.69) is 10.2 Å². The molecule has 1 aromatic rings. The minimum Gasteiger partial charge on any atom is -0.388 e. The van der Waals surface area contributed by atoms with Crippen LogP contribution in [0.15, 0.2) is 0 Å². The highest BCUT2D eigenvalue weighted by Crippen LogP contribution is 2.29. The Morgan fingerprint density at radius 2 is 1.85 bits per heavy atom. The van der Waals surface area contributed by atoms with Crippen LogP contribution in [-0.2, 0) is 0 Å². The zero-order valence-corrected chi connectivity index (χ0v) is 8.89. The van der Waals surface area contributed by atoms with Crippen LogP contribution >= 0.6 is 23.2 Å². The van der Waals surface area contributed by atoms with Crippen molar-refractivity contribution >= 4 is 23.2 Å². The van der Waals surface area contributed by atoms with Crippen molar-refractivity contribution in [1.82, 2.24) is 10.2 Å². The van der Waals surface area contributed by atoms with Crippen LogP contribution in [0.3, 0.4) is 0 Å². The van der Waals surface area contributed by atoms with Crippen molar-refractivity contribution in [2.24, 2.45) is 0 Å². The van der Waals surface area contributed by atoms with Crippen LogP contribution in [0.1, 0.15) is 30.6 Å². The summed E-state index contributed by atoms with van der Waals surface area (Å²) in [6, 6.07) is 0. The van der Waals surface area contributed by atoms with Crippen LogP contribution in [0.4, 0.5) is 0 Å². The van der Waals surface area contributed by atoms with Crippen molar-refractivity contribution in [3.05, 3.63) is 21.4 Å². The van der Waals surface area contributed by atoms with Crippen LogP contribution in [0.5, 0.6) is 0 Å². The van der Waals surface area contributed by atoms with E-state index < -0.39 is 6.10 Å². The number of aromatic nitrogens is 2. The molecule has 0 fully saturated rings.